The van der Waals surface area contributed by atoms with Gasteiger partial charge in [0.15, 0.2) is 0 Å². The van der Waals surface area contributed by atoms with Crippen LogP contribution in [-0.2, 0) is 6.54 Å². The molecule has 0 bridgehead atoms. The molecule has 1 saturated heterocycles. The Morgan fingerprint density at radius 1 is 1.37 bits per heavy atom. The number of halogens is 1. The maximum Gasteiger partial charge on any atom is 0.284 e. The fraction of sp³-hybridized carbons (Fsp3) is 0.474. The van der Waals surface area contributed by atoms with Gasteiger partial charge in [-0.25, -0.2) is 0 Å². The third-order valence-electron chi connectivity index (χ3n) is 5.10. The van der Waals surface area contributed by atoms with Crippen LogP contribution in [0, 0.1) is 15.5 Å². The van der Waals surface area contributed by atoms with Crippen molar-refractivity contribution in [2.24, 2.45) is 11.1 Å². The second-order valence-corrected chi connectivity index (χ2v) is 7.50. The van der Waals surface area contributed by atoms with Crippen LogP contribution in [0.25, 0.3) is 11.3 Å². The lowest BCUT2D eigenvalue weighted by molar-refractivity contribution is -0.384. The summed E-state index contributed by atoms with van der Waals surface area (Å²) in [6.45, 7) is 6.84. The second kappa shape index (κ2) is 8.29. The minimum Gasteiger partial charge on any atom is -0.497 e. The van der Waals surface area contributed by atoms with Crippen LogP contribution in [0.2, 0.25) is 0 Å². The molecule has 3 rings (SSSR count). The molecule has 2 aromatic rings. The van der Waals surface area contributed by atoms with E-state index >= 15 is 0 Å². The van der Waals surface area contributed by atoms with Crippen LogP contribution in [-0.4, -0.2) is 36.1 Å². The lowest BCUT2D eigenvalue weighted by Gasteiger charge is -2.42. The topological polar surface area (TPSA) is 94.8 Å². The summed E-state index contributed by atoms with van der Waals surface area (Å²) in [7, 11) is 1.48. The monoisotopic (exact) mass is 395 g/mol. The zero-order valence-electron chi connectivity index (χ0n) is 15.8. The number of piperidine rings is 1. The Balaban J connectivity index is 0.00000261. The third kappa shape index (κ3) is 4.61. The SMILES string of the molecule is COc1ccc(-c2ccc(CN3CCC(N)C(C)(C)C3)o2)c([N+](=O)[O-])c1.Cl. The van der Waals surface area contributed by atoms with Crippen LogP contribution < -0.4 is 10.5 Å². The molecule has 0 aliphatic carbocycles. The molecule has 27 heavy (non-hydrogen) atoms. The maximum absolute atomic E-state index is 11.4. The third-order valence-corrected chi connectivity index (χ3v) is 5.10. The molecule has 0 radical (unpaired) electrons. The largest absolute Gasteiger partial charge is 0.497 e. The van der Waals surface area contributed by atoms with Gasteiger partial charge in [-0.1, -0.05) is 13.8 Å². The quantitative estimate of drug-likeness (QED) is 0.610. The average molecular weight is 396 g/mol. The molecule has 2 N–H and O–H groups in total. The number of hydrogen-bond acceptors (Lipinski definition) is 6. The van der Waals surface area contributed by atoms with Gasteiger partial charge in [0.1, 0.15) is 17.3 Å². The van der Waals surface area contributed by atoms with Crippen LogP contribution in [0.15, 0.2) is 34.7 Å². The number of nitro groups is 1. The van der Waals surface area contributed by atoms with E-state index in [1.54, 1.807) is 18.2 Å². The predicted octanol–water partition coefficient (Wildman–Crippen LogP) is 3.84. The summed E-state index contributed by atoms with van der Waals surface area (Å²) in [5, 5.41) is 11.4. The fourth-order valence-corrected chi connectivity index (χ4v) is 3.45. The van der Waals surface area contributed by atoms with E-state index in [2.05, 4.69) is 18.7 Å². The zero-order valence-corrected chi connectivity index (χ0v) is 16.6. The Labute approximate surface area is 165 Å². The van der Waals surface area contributed by atoms with E-state index < -0.39 is 4.92 Å². The molecule has 1 aliphatic rings. The highest BCUT2D eigenvalue weighted by Gasteiger charge is 2.33. The molecule has 1 fully saturated rings. The predicted molar refractivity (Wildman–Crippen MR) is 106 cm³/mol. The van der Waals surface area contributed by atoms with E-state index in [0.717, 1.165) is 25.3 Å². The summed E-state index contributed by atoms with van der Waals surface area (Å²) in [6.07, 6.45) is 0.949. The van der Waals surface area contributed by atoms with Gasteiger partial charge in [-0.15, -0.1) is 12.4 Å². The number of nitrogens with zero attached hydrogens (tertiary/aromatic N) is 2. The van der Waals surface area contributed by atoms with E-state index in [1.807, 2.05) is 6.07 Å². The minimum absolute atomic E-state index is 0. The number of methoxy groups -OCH3 is 1. The van der Waals surface area contributed by atoms with Crippen LogP contribution in [0.3, 0.4) is 0 Å². The van der Waals surface area contributed by atoms with Gasteiger partial charge in [0, 0.05) is 19.1 Å². The minimum atomic E-state index is -0.422. The van der Waals surface area contributed by atoms with E-state index in [1.165, 1.54) is 13.2 Å². The van der Waals surface area contributed by atoms with Gasteiger partial charge in [-0.3, -0.25) is 15.0 Å². The molecular formula is C19H26ClN3O4. The first-order valence-corrected chi connectivity index (χ1v) is 8.69. The first kappa shape index (κ1) is 21.2. The van der Waals surface area contributed by atoms with Crippen molar-refractivity contribution in [3.8, 4) is 17.1 Å². The Kier molecular flexibility index (Phi) is 6.51. The fourth-order valence-electron chi connectivity index (χ4n) is 3.45. The number of ether oxygens (including phenoxy) is 1. The van der Waals surface area contributed by atoms with Crippen LogP contribution >= 0.6 is 12.4 Å². The molecule has 1 atom stereocenters. The number of benzene rings is 1. The number of nitro benzene ring substituents is 1. The number of nitrogens with two attached hydrogens (primary N) is 1. The summed E-state index contributed by atoms with van der Waals surface area (Å²) in [5.74, 6) is 1.72. The van der Waals surface area contributed by atoms with E-state index in [0.29, 0.717) is 23.6 Å². The molecule has 0 spiro atoms. The van der Waals surface area contributed by atoms with Crippen LogP contribution in [0.1, 0.15) is 26.0 Å². The molecule has 1 aliphatic heterocycles. The molecule has 2 heterocycles. The van der Waals surface area contributed by atoms with Gasteiger partial charge < -0.3 is 14.9 Å². The van der Waals surface area contributed by atoms with Crippen molar-refractivity contribution in [2.75, 3.05) is 20.2 Å². The number of rotatable bonds is 5. The van der Waals surface area contributed by atoms with Gasteiger partial charge in [-0.05, 0) is 36.1 Å². The highest BCUT2D eigenvalue weighted by molar-refractivity contribution is 5.85. The van der Waals surface area contributed by atoms with Gasteiger partial charge >= 0.3 is 0 Å². The molecule has 0 saturated carbocycles. The first-order valence-electron chi connectivity index (χ1n) is 8.69. The van der Waals surface area contributed by atoms with Crippen LogP contribution in [0.5, 0.6) is 5.75 Å². The number of likely N-dealkylation sites (tertiary alicyclic amines) is 1. The molecule has 1 aromatic carbocycles. The van der Waals surface area contributed by atoms with E-state index in [-0.39, 0.29) is 29.6 Å². The molecular weight excluding hydrogens is 370 g/mol. The molecule has 148 valence electrons. The van der Waals surface area contributed by atoms with E-state index in [4.69, 9.17) is 14.9 Å². The van der Waals surface area contributed by atoms with Gasteiger partial charge in [-0.2, -0.15) is 0 Å². The first-order chi connectivity index (χ1) is 12.3. The van der Waals surface area contributed by atoms with Gasteiger partial charge in [0.05, 0.1) is 30.2 Å². The zero-order chi connectivity index (χ0) is 18.9. The Hall–Kier alpha value is -2.09. The lowest BCUT2D eigenvalue weighted by Crippen LogP contribution is -2.51. The molecule has 7 nitrogen and oxygen atoms in total. The highest BCUT2D eigenvalue weighted by atomic mass is 35.5. The lowest BCUT2D eigenvalue weighted by atomic mass is 9.80. The van der Waals surface area contributed by atoms with Gasteiger partial charge in [0.2, 0.25) is 0 Å². The van der Waals surface area contributed by atoms with Crippen molar-refractivity contribution < 1.29 is 14.1 Å². The van der Waals surface area contributed by atoms with Crippen molar-refractivity contribution in [1.29, 1.82) is 0 Å². The maximum atomic E-state index is 11.4. The molecule has 1 aromatic heterocycles. The van der Waals surface area contributed by atoms with E-state index in [9.17, 15) is 10.1 Å². The Morgan fingerprint density at radius 2 is 2.11 bits per heavy atom. The van der Waals surface area contributed by atoms with Crippen molar-refractivity contribution in [3.05, 3.63) is 46.2 Å². The summed E-state index contributed by atoms with van der Waals surface area (Å²) >= 11 is 0. The van der Waals surface area contributed by atoms with Crippen molar-refractivity contribution >= 4 is 18.1 Å². The second-order valence-electron chi connectivity index (χ2n) is 7.50. The Morgan fingerprint density at radius 3 is 2.74 bits per heavy atom. The smallest absolute Gasteiger partial charge is 0.284 e. The van der Waals surface area contributed by atoms with Crippen molar-refractivity contribution in [3.63, 3.8) is 0 Å². The van der Waals surface area contributed by atoms with Crippen molar-refractivity contribution in [2.45, 2.75) is 32.9 Å². The van der Waals surface area contributed by atoms with Gasteiger partial charge in [0.25, 0.3) is 5.69 Å². The summed E-state index contributed by atoms with van der Waals surface area (Å²) in [6, 6.07) is 8.62. The molecule has 8 heteroatoms. The van der Waals surface area contributed by atoms with Crippen molar-refractivity contribution in [1.82, 2.24) is 4.90 Å². The number of hydrogen-bond donors (Lipinski definition) is 1. The summed E-state index contributed by atoms with van der Waals surface area (Å²) < 4.78 is 11.0. The summed E-state index contributed by atoms with van der Waals surface area (Å²) in [5.41, 5.74) is 6.67. The Bertz CT molecular complexity index is 806. The van der Waals surface area contributed by atoms with Crippen LogP contribution in [0.4, 0.5) is 5.69 Å². The normalized spacial score (nSPS) is 19.3. The number of furan rings is 1. The highest BCUT2D eigenvalue weighted by Crippen LogP contribution is 2.35. The standard InChI is InChI=1S/C19H25N3O4.ClH/c1-19(2)12-21(9-8-18(19)20)11-14-5-7-17(26-14)15-6-4-13(25-3)10-16(15)22(23)24;/h4-7,10,18H,8-9,11-12,20H2,1-3H3;1H. The molecule has 0 amide bonds. The molecule has 1 unspecified atom stereocenters. The summed E-state index contributed by atoms with van der Waals surface area (Å²) in [4.78, 5) is 13.3. The average Bonchev–Trinajstić information content (AvgIpc) is 3.05.